The van der Waals surface area contributed by atoms with E-state index < -0.39 is 0 Å². The van der Waals surface area contributed by atoms with Gasteiger partial charge in [0.15, 0.2) is 0 Å². The molecule has 1 fully saturated rings. The number of benzene rings is 1. The van der Waals surface area contributed by atoms with E-state index in [0.717, 1.165) is 42.1 Å². The summed E-state index contributed by atoms with van der Waals surface area (Å²) >= 11 is 0. The first kappa shape index (κ1) is 14.4. The van der Waals surface area contributed by atoms with Crippen LogP contribution in [0.25, 0.3) is 11.0 Å². The molecule has 1 aromatic carbocycles. The van der Waals surface area contributed by atoms with Crippen molar-refractivity contribution in [2.24, 2.45) is 0 Å². The quantitative estimate of drug-likeness (QED) is 0.860. The Bertz CT molecular complexity index is 633. The molecule has 4 nitrogen and oxygen atoms in total. The molecule has 0 bridgehead atoms. The number of hydrogen-bond donors (Lipinski definition) is 1. The summed E-state index contributed by atoms with van der Waals surface area (Å²) in [5.41, 5.74) is 8.81. The number of fused-ring (bicyclic) bond motifs is 1. The summed E-state index contributed by atoms with van der Waals surface area (Å²) in [5, 5.41) is 0. The first-order valence-corrected chi connectivity index (χ1v) is 7.83. The lowest BCUT2D eigenvalue weighted by molar-refractivity contribution is 0.00583. The molecule has 1 aliphatic rings. The van der Waals surface area contributed by atoms with E-state index >= 15 is 0 Å². The first-order chi connectivity index (χ1) is 9.95. The number of rotatable bonds is 2. The Labute approximate surface area is 126 Å². The maximum absolute atomic E-state index is 5.92. The summed E-state index contributed by atoms with van der Waals surface area (Å²) in [6.45, 7) is 8.38. The zero-order valence-corrected chi connectivity index (χ0v) is 13.2. The van der Waals surface area contributed by atoms with Crippen molar-refractivity contribution in [2.75, 3.05) is 12.3 Å². The lowest BCUT2D eigenvalue weighted by atomic mass is 9.95. The maximum Gasteiger partial charge on any atom is 0.115 e. The minimum atomic E-state index is 0.00243. The summed E-state index contributed by atoms with van der Waals surface area (Å²) in [5.74, 6) is 1.11. The lowest BCUT2D eigenvalue weighted by Gasteiger charge is -2.26. The number of imidazole rings is 1. The van der Waals surface area contributed by atoms with Crippen LogP contribution in [0.1, 0.15) is 45.9 Å². The first-order valence-electron chi connectivity index (χ1n) is 7.83. The standard InChI is InChI=1S/C17H25N3O/c1-17(2,3)16-19-14-10-12(18)7-8-15(14)20(16)11-13-6-4-5-9-21-13/h7-8,10,13H,4-6,9,11,18H2,1-3H3. The molecule has 1 aliphatic heterocycles. The van der Waals surface area contributed by atoms with Crippen molar-refractivity contribution in [3.05, 3.63) is 24.0 Å². The third-order valence-corrected chi connectivity index (χ3v) is 4.10. The fraction of sp³-hybridized carbons (Fsp3) is 0.588. The molecular weight excluding hydrogens is 262 g/mol. The number of anilines is 1. The molecule has 0 radical (unpaired) electrons. The van der Waals surface area contributed by atoms with Gasteiger partial charge in [-0.25, -0.2) is 4.98 Å². The van der Waals surface area contributed by atoms with Gasteiger partial charge in [-0.3, -0.25) is 0 Å². The van der Waals surface area contributed by atoms with Crippen LogP contribution >= 0.6 is 0 Å². The SMILES string of the molecule is CC(C)(C)c1nc2cc(N)ccc2n1CC1CCCCO1. The van der Waals surface area contributed by atoms with Crippen molar-refractivity contribution >= 4 is 16.7 Å². The van der Waals surface area contributed by atoms with Crippen molar-refractivity contribution in [1.29, 1.82) is 0 Å². The molecule has 0 amide bonds. The van der Waals surface area contributed by atoms with E-state index in [4.69, 9.17) is 15.5 Å². The Kier molecular flexibility index (Phi) is 3.66. The summed E-state index contributed by atoms with van der Waals surface area (Å²) in [6.07, 6.45) is 3.88. The second-order valence-corrected chi connectivity index (χ2v) is 7.03. The van der Waals surface area contributed by atoms with Crippen molar-refractivity contribution in [2.45, 2.75) is 58.1 Å². The van der Waals surface area contributed by atoms with Crippen molar-refractivity contribution in [3.8, 4) is 0 Å². The summed E-state index contributed by atoms with van der Waals surface area (Å²) in [6, 6.07) is 5.99. The van der Waals surface area contributed by atoms with E-state index in [9.17, 15) is 0 Å². The Morgan fingerprint density at radius 2 is 2.14 bits per heavy atom. The maximum atomic E-state index is 5.92. The molecule has 0 spiro atoms. The smallest absolute Gasteiger partial charge is 0.115 e. The zero-order valence-electron chi connectivity index (χ0n) is 13.2. The molecule has 0 aliphatic carbocycles. The number of nitrogens with zero attached hydrogens (tertiary/aromatic N) is 2. The van der Waals surface area contributed by atoms with Gasteiger partial charge in [0.25, 0.3) is 0 Å². The summed E-state index contributed by atoms with van der Waals surface area (Å²) in [7, 11) is 0. The fourth-order valence-corrected chi connectivity index (χ4v) is 3.06. The molecule has 4 heteroatoms. The molecule has 2 aromatic rings. The third kappa shape index (κ3) is 2.91. The van der Waals surface area contributed by atoms with Crippen molar-refractivity contribution in [3.63, 3.8) is 0 Å². The van der Waals surface area contributed by atoms with E-state index in [1.54, 1.807) is 0 Å². The fourth-order valence-electron chi connectivity index (χ4n) is 3.06. The van der Waals surface area contributed by atoms with Crippen LogP contribution in [0.2, 0.25) is 0 Å². The van der Waals surface area contributed by atoms with Crippen LogP contribution in [0.4, 0.5) is 5.69 Å². The van der Waals surface area contributed by atoms with Gasteiger partial charge in [-0.1, -0.05) is 20.8 Å². The number of hydrogen-bond acceptors (Lipinski definition) is 3. The van der Waals surface area contributed by atoms with E-state index in [0.29, 0.717) is 6.10 Å². The summed E-state index contributed by atoms with van der Waals surface area (Å²) < 4.78 is 8.24. The van der Waals surface area contributed by atoms with E-state index in [2.05, 4.69) is 31.4 Å². The van der Waals surface area contributed by atoms with E-state index in [1.807, 2.05) is 12.1 Å². The normalized spacial score (nSPS) is 20.0. The predicted molar refractivity (Wildman–Crippen MR) is 86.4 cm³/mol. The molecule has 1 atom stereocenters. The molecule has 0 saturated carbocycles. The van der Waals surface area contributed by atoms with Crippen LogP contribution in [-0.2, 0) is 16.7 Å². The van der Waals surface area contributed by atoms with Gasteiger partial charge in [0.1, 0.15) is 5.82 Å². The lowest BCUT2D eigenvalue weighted by Crippen LogP contribution is -2.28. The monoisotopic (exact) mass is 287 g/mol. The highest BCUT2D eigenvalue weighted by atomic mass is 16.5. The molecule has 1 aromatic heterocycles. The van der Waals surface area contributed by atoms with Gasteiger partial charge >= 0.3 is 0 Å². The zero-order chi connectivity index (χ0) is 15.0. The number of nitrogens with two attached hydrogens (primary N) is 1. The molecule has 1 unspecified atom stereocenters. The van der Waals surface area contributed by atoms with Crippen LogP contribution in [-0.4, -0.2) is 22.3 Å². The third-order valence-electron chi connectivity index (χ3n) is 4.10. The van der Waals surface area contributed by atoms with Crippen molar-refractivity contribution in [1.82, 2.24) is 9.55 Å². The molecule has 2 heterocycles. The van der Waals surface area contributed by atoms with Gasteiger partial charge in [-0.2, -0.15) is 0 Å². The van der Waals surface area contributed by atoms with Gasteiger partial charge in [-0.05, 0) is 37.5 Å². The highest BCUT2D eigenvalue weighted by Crippen LogP contribution is 2.29. The predicted octanol–water partition coefficient (Wildman–Crippen LogP) is 3.49. The molecule has 3 rings (SSSR count). The minimum Gasteiger partial charge on any atom is -0.399 e. The molecule has 114 valence electrons. The average molecular weight is 287 g/mol. The van der Waals surface area contributed by atoms with Crippen LogP contribution in [0.3, 0.4) is 0 Å². The molecule has 2 N–H and O–H groups in total. The van der Waals surface area contributed by atoms with Gasteiger partial charge in [0, 0.05) is 17.7 Å². The Morgan fingerprint density at radius 1 is 1.33 bits per heavy atom. The minimum absolute atomic E-state index is 0.00243. The number of ether oxygens (including phenoxy) is 1. The van der Waals surface area contributed by atoms with Gasteiger partial charge < -0.3 is 15.0 Å². The van der Waals surface area contributed by atoms with Crippen LogP contribution < -0.4 is 5.73 Å². The highest BCUT2D eigenvalue weighted by molar-refractivity contribution is 5.80. The highest BCUT2D eigenvalue weighted by Gasteiger charge is 2.25. The second kappa shape index (κ2) is 5.34. The summed E-state index contributed by atoms with van der Waals surface area (Å²) in [4.78, 5) is 4.84. The molecular formula is C17H25N3O. The van der Waals surface area contributed by atoms with E-state index in [1.165, 1.54) is 12.8 Å². The Balaban J connectivity index is 2.04. The van der Waals surface area contributed by atoms with Gasteiger partial charge in [0.2, 0.25) is 0 Å². The Hall–Kier alpha value is -1.55. The molecule has 1 saturated heterocycles. The van der Waals surface area contributed by atoms with E-state index in [-0.39, 0.29) is 5.41 Å². The van der Waals surface area contributed by atoms with Crippen LogP contribution in [0.5, 0.6) is 0 Å². The Morgan fingerprint density at radius 3 is 2.81 bits per heavy atom. The van der Waals surface area contributed by atoms with Crippen molar-refractivity contribution < 1.29 is 4.74 Å². The number of nitrogen functional groups attached to an aromatic ring is 1. The van der Waals surface area contributed by atoms with Gasteiger partial charge in [0.05, 0.1) is 23.7 Å². The number of aromatic nitrogens is 2. The topological polar surface area (TPSA) is 53.1 Å². The van der Waals surface area contributed by atoms with Crippen LogP contribution in [0, 0.1) is 0 Å². The van der Waals surface area contributed by atoms with Gasteiger partial charge in [-0.15, -0.1) is 0 Å². The second-order valence-electron chi connectivity index (χ2n) is 7.03. The molecule has 21 heavy (non-hydrogen) atoms. The van der Waals surface area contributed by atoms with Crippen LogP contribution in [0.15, 0.2) is 18.2 Å². The average Bonchev–Trinajstić information content (AvgIpc) is 2.78. The largest absolute Gasteiger partial charge is 0.399 e.